The van der Waals surface area contributed by atoms with Crippen molar-refractivity contribution in [1.82, 2.24) is 9.88 Å². The predicted molar refractivity (Wildman–Crippen MR) is 72.4 cm³/mol. The first-order valence-electron chi connectivity index (χ1n) is 6.39. The van der Waals surface area contributed by atoms with E-state index in [1.165, 1.54) is 11.3 Å². The number of aryl methyl sites for hydroxylation is 2. The van der Waals surface area contributed by atoms with Crippen LogP contribution in [0.5, 0.6) is 0 Å². The molecule has 1 aromatic rings. The molecule has 104 valence electrons. The summed E-state index contributed by atoms with van der Waals surface area (Å²) < 4.78 is 0. The van der Waals surface area contributed by atoms with E-state index >= 15 is 0 Å². The van der Waals surface area contributed by atoms with Gasteiger partial charge in [-0.1, -0.05) is 0 Å². The molecular weight excluding hydrogens is 264 g/mol. The number of hydrogen-bond donors (Lipinski definition) is 1. The molecule has 0 saturated carbocycles. The average Bonchev–Trinajstić information content (AvgIpc) is 2.67. The molecule has 19 heavy (non-hydrogen) atoms. The van der Waals surface area contributed by atoms with E-state index in [1.54, 1.807) is 4.90 Å². The summed E-state index contributed by atoms with van der Waals surface area (Å²) in [6.07, 6.45) is 1.38. The number of thiazole rings is 1. The maximum absolute atomic E-state index is 12.5. The first-order chi connectivity index (χ1) is 8.91. The zero-order valence-electron chi connectivity index (χ0n) is 11.3. The fraction of sp³-hybridized carbons (Fsp3) is 0.615. The molecule has 0 unspecified atom stereocenters. The van der Waals surface area contributed by atoms with E-state index in [-0.39, 0.29) is 11.9 Å². The summed E-state index contributed by atoms with van der Waals surface area (Å²) in [5, 5.41) is 10.1. The van der Waals surface area contributed by atoms with Crippen LogP contribution >= 0.6 is 11.3 Å². The number of piperidine rings is 1. The molecule has 1 aliphatic heterocycles. The molecule has 2 rings (SSSR count). The zero-order chi connectivity index (χ0) is 14.2. The molecule has 1 fully saturated rings. The molecule has 0 bridgehead atoms. The molecule has 2 heterocycles. The standard InChI is InChI=1S/C13H18N2O3S/c1-7-11(19-9(3)14-7)12(16)15-6-4-5-10(8(15)2)13(17)18/h8,10H,4-6H2,1-3H3,(H,17,18)/t8-,10-/m1/s1. The van der Waals surface area contributed by atoms with Gasteiger partial charge in [0, 0.05) is 12.6 Å². The van der Waals surface area contributed by atoms with E-state index in [0.717, 1.165) is 17.1 Å². The highest BCUT2D eigenvalue weighted by atomic mass is 32.1. The van der Waals surface area contributed by atoms with E-state index < -0.39 is 11.9 Å². The van der Waals surface area contributed by atoms with Crippen molar-refractivity contribution < 1.29 is 14.7 Å². The quantitative estimate of drug-likeness (QED) is 0.901. The first-order valence-corrected chi connectivity index (χ1v) is 7.21. The Kier molecular flexibility index (Phi) is 3.89. The van der Waals surface area contributed by atoms with Crippen LogP contribution in [0.25, 0.3) is 0 Å². The summed E-state index contributed by atoms with van der Waals surface area (Å²) in [6, 6.07) is -0.263. The van der Waals surface area contributed by atoms with Gasteiger partial charge in [-0.2, -0.15) is 0 Å². The number of hydrogen-bond acceptors (Lipinski definition) is 4. The van der Waals surface area contributed by atoms with Gasteiger partial charge in [0.15, 0.2) is 0 Å². The number of aliphatic carboxylic acids is 1. The van der Waals surface area contributed by atoms with Crippen molar-refractivity contribution in [3.05, 3.63) is 15.6 Å². The second-order valence-corrected chi connectivity index (χ2v) is 6.18. The SMILES string of the molecule is Cc1nc(C)c(C(=O)N2CCC[C@@H](C(=O)O)[C@H]2C)s1. The van der Waals surface area contributed by atoms with Gasteiger partial charge in [-0.25, -0.2) is 4.98 Å². The van der Waals surface area contributed by atoms with Gasteiger partial charge < -0.3 is 10.0 Å². The summed E-state index contributed by atoms with van der Waals surface area (Å²) in [7, 11) is 0. The molecule has 1 N–H and O–H groups in total. The number of carbonyl (C=O) groups is 2. The fourth-order valence-electron chi connectivity index (χ4n) is 2.62. The van der Waals surface area contributed by atoms with Gasteiger partial charge in [-0.05, 0) is 33.6 Å². The molecule has 0 radical (unpaired) electrons. The van der Waals surface area contributed by atoms with Gasteiger partial charge in [0.05, 0.1) is 16.6 Å². The van der Waals surface area contributed by atoms with E-state index in [1.807, 2.05) is 20.8 Å². The largest absolute Gasteiger partial charge is 0.481 e. The molecule has 2 atom stereocenters. The lowest BCUT2D eigenvalue weighted by Gasteiger charge is -2.37. The average molecular weight is 282 g/mol. The highest BCUT2D eigenvalue weighted by Crippen LogP contribution is 2.27. The van der Waals surface area contributed by atoms with Crippen molar-refractivity contribution in [3.8, 4) is 0 Å². The molecule has 1 aromatic heterocycles. The van der Waals surface area contributed by atoms with Crippen LogP contribution in [0.3, 0.4) is 0 Å². The highest BCUT2D eigenvalue weighted by molar-refractivity contribution is 7.13. The van der Waals surface area contributed by atoms with Gasteiger partial charge in [0.25, 0.3) is 5.91 Å². The highest BCUT2D eigenvalue weighted by Gasteiger charge is 2.36. The maximum Gasteiger partial charge on any atom is 0.308 e. The number of carboxylic acid groups (broad SMARTS) is 1. The van der Waals surface area contributed by atoms with Crippen molar-refractivity contribution in [2.45, 2.75) is 39.7 Å². The molecule has 1 amide bonds. The number of carbonyl (C=O) groups excluding carboxylic acids is 1. The van der Waals surface area contributed by atoms with Gasteiger partial charge in [-0.3, -0.25) is 9.59 Å². The van der Waals surface area contributed by atoms with Gasteiger partial charge in [-0.15, -0.1) is 11.3 Å². The second kappa shape index (κ2) is 5.28. The molecule has 1 saturated heterocycles. The number of nitrogens with zero attached hydrogens (tertiary/aromatic N) is 2. The Balaban J connectivity index is 2.23. The van der Waals surface area contributed by atoms with Crippen LogP contribution in [0.1, 0.15) is 40.1 Å². The van der Waals surface area contributed by atoms with Crippen molar-refractivity contribution >= 4 is 23.2 Å². The molecule has 0 aromatic carbocycles. The third-order valence-corrected chi connectivity index (χ3v) is 4.72. The van der Waals surface area contributed by atoms with Crippen molar-refractivity contribution in [2.75, 3.05) is 6.54 Å². The normalized spacial score (nSPS) is 23.4. The second-order valence-electron chi connectivity index (χ2n) is 4.97. The van der Waals surface area contributed by atoms with Crippen LogP contribution in [0.2, 0.25) is 0 Å². The number of likely N-dealkylation sites (tertiary alicyclic amines) is 1. The summed E-state index contributed by atoms with van der Waals surface area (Å²) in [5.74, 6) is -1.37. The summed E-state index contributed by atoms with van der Waals surface area (Å²) in [5.41, 5.74) is 0.733. The van der Waals surface area contributed by atoms with Gasteiger partial charge >= 0.3 is 5.97 Å². The number of amides is 1. The van der Waals surface area contributed by atoms with Gasteiger partial charge in [0.1, 0.15) is 4.88 Å². The Morgan fingerprint density at radius 3 is 2.63 bits per heavy atom. The lowest BCUT2D eigenvalue weighted by molar-refractivity contribution is -0.144. The first kappa shape index (κ1) is 14.0. The Morgan fingerprint density at radius 2 is 2.11 bits per heavy atom. The van der Waals surface area contributed by atoms with Crippen LogP contribution in [0.15, 0.2) is 0 Å². The molecular formula is C13H18N2O3S. The minimum absolute atomic E-state index is 0.0819. The van der Waals surface area contributed by atoms with Crippen LogP contribution in [0, 0.1) is 19.8 Å². The van der Waals surface area contributed by atoms with E-state index in [2.05, 4.69) is 4.98 Å². The summed E-state index contributed by atoms with van der Waals surface area (Å²) >= 11 is 1.38. The van der Waals surface area contributed by atoms with Crippen molar-refractivity contribution in [2.24, 2.45) is 5.92 Å². The van der Waals surface area contributed by atoms with Crippen LogP contribution in [-0.4, -0.2) is 39.5 Å². The number of rotatable bonds is 2. The maximum atomic E-state index is 12.5. The molecule has 0 aliphatic carbocycles. The summed E-state index contributed by atoms with van der Waals surface area (Å²) in [4.78, 5) is 30.3. The smallest absolute Gasteiger partial charge is 0.308 e. The minimum atomic E-state index is -0.817. The third kappa shape index (κ3) is 2.63. The Hall–Kier alpha value is -1.43. The monoisotopic (exact) mass is 282 g/mol. The molecule has 0 spiro atoms. The fourth-order valence-corrected chi connectivity index (χ4v) is 3.50. The Labute approximate surface area is 116 Å². The van der Waals surface area contributed by atoms with Crippen molar-refractivity contribution in [3.63, 3.8) is 0 Å². The molecule has 6 heteroatoms. The lowest BCUT2D eigenvalue weighted by atomic mass is 9.90. The topological polar surface area (TPSA) is 70.5 Å². The summed E-state index contributed by atoms with van der Waals surface area (Å²) in [6.45, 7) is 6.13. The minimum Gasteiger partial charge on any atom is -0.481 e. The van der Waals surface area contributed by atoms with E-state index in [4.69, 9.17) is 0 Å². The number of aromatic nitrogens is 1. The van der Waals surface area contributed by atoms with E-state index in [0.29, 0.717) is 17.8 Å². The van der Waals surface area contributed by atoms with Crippen LogP contribution in [0.4, 0.5) is 0 Å². The Bertz CT molecular complexity index is 512. The van der Waals surface area contributed by atoms with E-state index in [9.17, 15) is 14.7 Å². The zero-order valence-corrected chi connectivity index (χ0v) is 12.2. The molecule has 5 nitrogen and oxygen atoms in total. The number of carboxylic acids is 1. The van der Waals surface area contributed by atoms with Crippen LogP contribution in [-0.2, 0) is 4.79 Å². The predicted octanol–water partition coefficient (Wildman–Crippen LogP) is 2.09. The lowest BCUT2D eigenvalue weighted by Crippen LogP contribution is -2.49. The Morgan fingerprint density at radius 1 is 1.42 bits per heavy atom. The van der Waals surface area contributed by atoms with Gasteiger partial charge in [0.2, 0.25) is 0 Å². The van der Waals surface area contributed by atoms with Crippen LogP contribution < -0.4 is 0 Å². The van der Waals surface area contributed by atoms with Crippen molar-refractivity contribution in [1.29, 1.82) is 0 Å². The molecule has 1 aliphatic rings. The third-order valence-electron chi connectivity index (χ3n) is 3.66.